The molecule has 0 spiro atoms. The lowest BCUT2D eigenvalue weighted by atomic mass is 10.3. The number of nitrogens with one attached hydrogen (secondary N) is 1. The number of carbonyl (C=O) groups excluding carboxylic acids is 1. The molecule has 0 bridgehead atoms. The number of nitrogens with two attached hydrogens (primary N) is 1. The first kappa shape index (κ1) is 10.5. The number of pyridine rings is 1. The van der Waals surface area contributed by atoms with Crippen molar-refractivity contribution in [2.75, 3.05) is 11.9 Å². The molecule has 1 aromatic heterocycles. The molecule has 4 N–H and O–H groups in total. The maximum Gasteiger partial charge on any atom is 0.250 e. The van der Waals surface area contributed by atoms with Crippen LogP contribution in [-0.4, -0.2) is 28.6 Å². The van der Waals surface area contributed by atoms with Gasteiger partial charge in [-0.2, -0.15) is 0 Å². The Morgan fingerprint density at radius 1 is 1.71 bits per heavy atom. The Bertz CT molecular complexity index is 308. The Balaban J connectivity index is 2.60. The van der Waals surface area contributed by atoms with E-state index in [9.17, 15) is 4.79 Å². The largest absolute Gasteiger partial charge is 0.392 e. The second-order valence-corrected chi connectivity index (χ2v) is 3.03. The fourth-order valence-corrected chi connectivity index (χ4v) is 0.896. The standard InChI is InChI=1S/C9H13N3O2/c1-6(13)4-11-8-3-2-7(5-12-8)9(10)14/h2-3,5-6,13H,4H2,1H3,(H2,10,14)(H,11,12)/t6-/m0/s1. The average molecular weight is 195 g/mol. The van der Waals surface area contributed by atoms with Gasteiger partial charge in [-0.05, 0) is 19.1 Å². The van der Waals surface area contributed by atoms with Crippen LogP contribution >= 0.6 is 0 Å². The van der Waals surface area contributed by atoms with Crippen LogP contribution in [0.25, 0.3) is 0 Å². The monoisotopic (exact) mass is 195 g/mol. The topological polar surface area (TPSA) is 88.2 Å². The Labute approximate surface area is 82.0 Å². The number of amides is 1. The summed E-state index contributed by atoms with van der Waals surface area (Å²) >= 11 is 0. The molecule has 5 nitrogen and oxygen atoms in total. The lowest BCUT2D eigenvalue weighted by Gasteiger charge is -2.07. The van der Waals surface area contributed by atoms with Crippen LogP contribution in [0.1, 0.15) is 17.3 Å². The van der Waals surface area contributed by atoms with E-state index in [4.69, 9.17) is 10.8 Å². The van der Waals surface area contributed by atoms with Crippen LogP contribution in [0.4, 0.5) is 5.82 Å². The van der Waals surface area contributed by atoms with Crippen LogP contribution in [0.3, 0.4) is 0 Å². The maximum atomic E-state index is 10.7. The number of carbonyl (C=O) groups is 1. The highest BCUT2D eigenvalue weighted by Gasteiger charge is 2.01. The van der Waals surface area contributed by atoms with E-state index in [2.05, 4.69) is 10.3 Å². The molecule has 1 aromatic rings. The highest BCUT2D eigenvalue weighted by molar-refractivity contribution is 5.92. The van der Waals surface area contributed by atoms with Crippen molar-refractivity contribution in [2.45, 2.75) is 13.0 Å². The smallest absolute Gasteiger partial charge is 0.250 e. The van der Waals surface area contributed by atoms with Crippen LogP contribution in [0.15, 0.2) is 18.3 Å². The minimum absolute atomic E-state index is 0.368. The molecule has 14 heavy (non-hydrogen) atoms. The van der Waals surface area contributed by atoms with Crippen LogP contribution in [0.5, 0.6) is 0 Å². The van der Waals surface area contributed by atoms with Crippen molar-refractivity contribution in [1.29, 1.82) is 0 Å². The first-order valence-electron chi connectivity index (χ1n) is 4.27. The molecule has 1 atom stereocenters. The third kappa shape index (κ3) is 3.02. The molecular formula is C9H13N3O2. The first-order chi connectivity index (χ1) is 6.59. The van der Waals surface area contributed by atoms with Gasteiger partial charge in [0.2, 0.25) is 5.91 Å². The Morgan fingerprint density at radius 3 is 2.86 bits per heavy atom. The minimum atomic E-state index is -0.500. The third-order valence-corrected chi connectivity index (χ3v) is 1.63. The number of aliphatic hydroxyl groups is 1. The van der Waals surface area contributed by atoms with Crippen LogP contribution in [0.2, 0.25) is 0 Å². The minimum Gasteiger partial charge on any atom is -0.392 e. The number of anilines is 1. The molecule has 0 aliphatic heterocycles. The predicted molar refractivity (Wildman–Crippen MR) is 52.9 cm³/mol. The van der Waals surface area contributed by atoms with Crippen molar-refractivity contribution in [1.82, 2.24) is 4.98 Å². The lowest BCUT2D eigenvalue weighted by Crippen LogP contribution is -2.16. The number of primary amides is 1. The van der Waals surface area contributed by atoms with Gasteiger partial charge in [0.15, 0.2) is 0 Å². The third-order valence-electron chi connectivity index (χ3n) is 1.63. The van der Waals surface area contributed by atoms with Crippen molar-refractivity contribution in [2.24, 2.45) is 5.73 Å². The summed E-state index contributed by atoms with van der Waals surface area (Å²) in [4.78, 5) is 14.6. The molecule has 0 aliphatic carbocycles. The second kappa shape index (κ2) is 4.57. The van der Waals surface area contributed by atoms with Gasteiger partial charge in [0.05, 0.1) is 11.7 Å². The van der Waals surface area contributed by atoms with Crippen LogP contribution < -0.4 is 11.1 Å². The van der Waals surface area contributed by atoms with Crippen molar-refractivity contribution >= 4 is 11.7 Å². The molecule has 0 saturated carbocycles. The maximum absolute atomic E-state index is 10.7. The number of rotatable bonds is 4. The van der Waals surface area contributed by atoms with Gasteiger partial charge < -0.3 is 16.2 Å². The van der Waals surface area contributed by atoms with Crippen LogP contribution in [-0.2, 0) is 0 Å². The molecule has 5 heteroatoms. The van der Waals surface area contributed by atoms with E-state index in [1.165, 1.54) is 6.20 Å². The summed E-state index contributed by atoms with van der Waals surface area (Å²) in [6.07, 6.45) is 0.958. The highest BCUT2D eigenvalue weighted by atomic mass is 16.3. The van der Waals surface area contributed by atoms with Crippen LogP contribution in [0, 0.1) is 0 Å². The van der Waals surface area contributed by atoms with Crippen molar-refractivity contribution in [3.63, 3.8) is 0 Å². The number of nitrogens with zero attached hydrogens (tertiary/aromatic N) is 1. The number of aromatic nitrogens is 1. The summed E-state index contributed by atoms with van der Waals surface area (Å²) in [6, 6.07) is 3.22. The van der Waals surface area contributed by atoms with E-state index in [0.29, 0.717) is 17.9 Å². The second-order valence-electron chi connectivity index (χ2n) is 3.03. The Hall–Kier alpha value is -1.62. The number of hydrogen-bond acceptors (Lipinski definition) is 4. The summed E-state index contributed by atoms with van der Waals surface area (Å²) in [5.41, 5.74) is 5.41. The molecule has 1 heterocycles. The molecule has 0 radical (unpaired) electrons. The molecule has 1 rings (SSSR count). The van der Waals surface area contributed by atoms with Gasteiger partial charge in [0, 0.05) is 12.7 Å². The molecular weight excluding hydrogens is 182 g/mol. The van der Waals surface area contributed by atoms with E-state index in [0.717, 1.165) is 0 Å². The average Bonchev–Trinajstić information content (AvgIpc) is 2.15. The molecule has 0 aliphatic rings. The van der Waals surface area contributed by atoms with Gasteiger partial charge >= 0.3 is 0 Å². The zero-order valence-electron chi connectivity index (χ0n) is 7.90. The normalized spacial score (nSPS) is 12.1. The first-order valence-corrected chi connectivity index (χ1v) is 4.27. The fourth-order valence-electron chi connectivity index (χ4n) is 0.896. The summed E-state index contributed by atoms with van der Waals surface area (Å²) in [5, 5.41) is 11.9. The van der Waals surface area contributed by atoms with Gasteiger partial charge in [0.1, 0.15) is 5.82 Å². The van der Waals surface area contributed by atoms with Crippen molar-refractivity contribution in [3.8, 4) is 0 Å². The molecule has 0 unspecified atom stereocenters. The Kier molecular flexibility index (Phi) is 3.41. The van der Waals surface area contributed by atoms with Gasteiger partial charge in [-0.3, -0.25) is 4.79 Å². The Morgan fingerprint density at radius 2 is 2.43 bits per heavy atom. The van der Waals surface area contributed by atoms with Crippen molar-refractivity contribution < 1.29 is 9.90 Å². The summed E-state index contributed by atoms with van der Waals surface area (Å²) < 4.78 is 0. The summed E-state index contributed by atoms with van der Waals surface area (Å²) in [5.74, 6) is 0.107. The molecule has 1 amide bonds. The van der Waals surface area contributed by atoms with Gasteiger partial charge in [-0.15, -0.1) is 0 Å². The zero-order chi connectivity index (χ0) is 10.6. The van der Waals surface area contributed by atoms with E-state index in [1.54, 1.807) is 19.1 Å². The molecule has 0 aromatic carbocycles. The van der Waals surface area contributed by atoms with Crippen molar-refractivity contribution in [3.05, 3.63) is 23.9 Å². The highest BCUT2D eigenvalue weighted by Crippen LogP contribution is 2.04. The molecule has 0 fully saturated rings. The zero-order valence-corrected chi connectivity index (χ0v) is 7.90. The van der Waals surface area contributed by atoms with Gasteiger partial charge in [0.25, 0.3) is 0 Å². The van der Waals surface area contributed by atoms with E-state index >= 15 is 0 Å². The number of hydrogen-bond donors (Lipinski definition) is 3. The van der Waals surface area contributed by atoms with E-state index in [1.807, 2.05) is 0 Å². The predicted octanol–water partition coefficient (Wildman–Crippen LogP) is -0.0268. The molecule has 0 saturated heterocycles. The fraction of sp³-hybridized carbons (Fsp3) is 0.333. The lowest BCUT2D eigenvalue weighted by molar-refractivity contribution is 0.1000. The summed E-state index contributed by atoms with van der Waals surface area (Å²) in [6.45, 7) is 2.09. The van der Waals surface area contributed by atoms with Gasteiger partial charge in [-0.1, -0.05) is 0 Å². The SMILES string of the molecule is C[C@H](O)CNc1ccc(C(N)=O)cn1. The van der Waals surface area contributed by atoms with E-state index in [-0.39, 0.29) is 0 Å². The van der Waals surface area contributed by atoms with E-state index < -0.39 is 12.0 Å². The number of aliphatic hydroxyl groups excluding tert-OH is 1. The summed E-state index contributed by atoms with van der Waals surface area (Å²) in [7, 11) is 0. The quantitative estimate of drug-likeness (QED) is 0.629. The van der Waals surface area contributed by atoms with Gasteiger partial charge in [-0.25, -0.2) is 4.98 Å². The molecule has 76 valence electrons.